The molecule has 2 unspecified atom stereocenters. The van der Waals surface area contributed by atoms with Crippen molar-refractivity contribution in [1.82, 2.24) is 0 Å². The highest BCUT2D eigenvalue weighted by atomic mass is 19.1. The summed E-state index contributed by atoms with van der Waals surface area (Å²) in [6.45, 7) is 3.77. The summed E-state index contributed by atoms with van der Waals surface area (Å²) in [5.74, 6) is -0.130. The number of carbonyl (C=O) groups is 1. The monoisotopic (exact) mass is 294 g/mol. The molecule has 1 saturated carbocycles. The number of ether oxygens (including phenoxy) is 1. The number of nitrogens with two attached hydrogens (primary N) is 1. The predicted octanol–water partition coefficient (Wildman–Crippen LogP) is 3.07. The molecule has 0 heterocycles. The maximum absolute atomic E-state index is 13.4. The lowest BCUT2D eigenvalue weighted by Gasteiger charge is -2.26. The molecule has 1 fully saturated rings. The third-order valence-electron chi connectivity index (χ3n) is 3.65. The Morgan fingerprint density at radius 2 is 2.19 bits per heavy atom. The van der Waals surface area contributed by atoms with Crippen LogP contribution in [0.3, 0.4) is 0 Å². The van der Waals surface area contributed by atoms with Gasteiger partial charge in [-0.3, -0.25) is 4.79 Å². The minimum atomic E-state index is -0.401. The van der Waals surface area contributed by atoms with E-state index in [-0.39, 0.29) is 24.0 Å². The number of rotatable bonds is 4. The van der Waals surface area contributed by atoms with Gasteiger partial charge in [0.05, 0.1) is 11.8 Å². The summed E-state index contributed by atoms with van der Waals surface area (Å²) >= 11 is 0. The van der Waals surface area contributed by atoms with E-state index in [1.165, 1.54) is 18.2 Å². The first-order valence-electron chi connectivity index (χ1n) is 7.48. The third kappa shape index (κ3) is 4.43. The number of amides is 1. The van der Waals surface area contributed by atoms with Crippen LogP contribution >= 0.6 is 0 Å². The van der Waals surface area contributed by atoms with Gasteiger partial charge in [0.1, 0.15) is 11.6 Å². The largest absolute Gasteiger partial charge is 0.489 e. The normalized spacial score (nSPS) is 22.1. The summed E-state index contributed by atoms with van der Waals surface area (Å²) in [5, 5.41) is 2.79. The lowest BCUT2D eigenvalue weighted by atomic mass is 9.85. The van der Waals surface area contributed by atoms with Crippen LogP contribution < -0.4 is 15.8 Å². The average molecular weight is 294 g/mol. The van der Waals surface area contributed by atoms with Crippen LogP contribution in [0, 0.1) is 11.7 Å². The lowest BCUT2D eigenvalue weighted by Crippen LogP contribution is -2.34. The van der Waals surface area contributed by atoms with Gasteiger partial charge in [0.2, 0.25) is 5.91 Å². The molecule has 0 spiro atoms. The molecule has 116 valence electrons. The number of hydrogen-bond acceptors (Lipinski definition) is 3. The lowest BCUT2D eigenvalue weighted by molar-refractivity contribution is -0.120. The minimum absolute atomic E-state index is 0.0470. The van der Waals surface area contributed by atoms with Crippen LogP contribution in [0.1, 0.15) is 39.5 Å². The summed E-state index contributed by atoms with van der Waals surface area (Å²) < 4.78 is 19.0. The fourth-order valence-corrected chi connectivity index (χ4v) is 2.66. The van der Waals surface area contributed by atoms with E-state index in [1.807, 2.05) is 13.8 Å². The fourth-order valence-electron chi connectivity index (χ4n) is 2.66. The predicted molar refractivity (Wildman–Crippen MR) is 80.7 cm³/mol. The van der Waals surface area contributed by atoms with Gasteiger partial charge in [0.25, 0.3) is 0 Å². The van der Waals surface area contributed by atoms with Crippen LogP contribution in [0.25, 0.3) is 0 Å². The molecular formula is C16H23FN2O2. The third-order valence-corrected chi connectivity index (χ3v) is 3.65. The van der Waals surface area contributed by atoms with E-state index in [0.717, 1.165) is 19.3 Å². The van der Waals surface area contributed by atoms with Crippen molar-refractivity contribution >= 4 is 11.6 Å². The van der Waals surface area contributed by atoms with Gasteiger partial charge in [0, 0.05) is 18.0 Å². The molecule has 21 heavy (non-hydrogen) atoms. The van der Waals surface area contributed by atoms with Gasteiger partial charge in [-0.15, -0.1) is 0 Å². The van der Waals surface area contributed by atoms with Crippen molar-refractivity contribution in [3.05, 3.63) is 24.0 Å². The van der Waals surface area contributed by atoms with Gasteiger partial charge >= 0.3 is 0 Å². The quantitative estimate of drug-likeness (QED) is 0.897. The fraction of sp³-hybridized carbons (Fsp3) is 0.562. The number of hydrogen-bond donors (Lipinski definition) is 2. The highest BCUT2D eigenvalue weighted by molar-refractivity contribution is 5.94. The Hall–Kier alpha value is -1.62. The van der Waals surface area contributed by atoms with Gasteiger partial charge in [0.15, 0.2) is 0 Å². The molecule has 3 N–H and O–H groups in total. The zero-order chi connectivity index (χ0) is 15.4. The smallest absolute Gasteiger partial charge is 0.227 e. The molecule has 1 amide bonds. The summed E-state index contributed by atoms with van der Waals surface area (Å²) in [7, 11) is 0. The average Bonchev–Trinajstić information content (AvgIpc) is 2.41. The molecular weight excluding hydrogens is 271 g/mol. The van der Waals surface area contributed by atoms with Crippen molar-refractivity contribution in [1.29, 1.82) is 0 Å². The molecule has 0 bridgehead atoms. The van der Waals surface area contributed by atoms with Crippen molar-refractivity contribution < 1.29 is 13.9 Å². The van der Waals surface area contributed by atoms with Gasteiger partial charge in [-0.25, -0.2) is 4.39 Å². The summed E-state index contributed by atoms with van der Waals surface area (Å²) in [6.07, 6.45) is 3.38. The second-order valence-electron chi connectivity index (χ2n) is 5.92. The van der Waals surface area contributed by atoms with Crippen LogP contribution in [-0.2, 0) is 4.79 Å². The molecule has 1 aliphatic carbocycles. The standard InChI is InChI=1S/C16H23FN2O2/c1-10(2)21-15-7-6-12(17)9-14(15)19-16(20)11-4-3-5-13(18)8-11/h6-7,9-11,13H,3-5,8,18H2,1-2H3,(H,19,20). The first-order valence-corrected chi connectivity index (χ1v) is 7.48. The van der Waals surface area contributed by atoms with E-state index in [0.29, 0.717) is 17.9 Å². The minimum Gasteiger partial charge on any atom is -0.489 e. The van der Waals surface area contributed by atoms with E-state index in [2.05, 4.69) is 5.32 Å². The second-order valence-corrected chi connectivity index (χ2v) is 5.92. The van der Waals surface area contributed by atoms with Crippen molar-refractivity contribution in [2.24, 2.45) is 11.7 Å². The van der Waals surface area contributed by atoms with E-state index in [1.54, 1.807) is 0 Å². The van der Waals surface area contributed by atoms with Crippen molar-refractivity contribution in [2.45, 2.75) is 51.7 Å². The number of benzene rings is 1. The Labute approximate surface area is 124 Å². The van der Waals surface area contributed by atoms with E-state index >= 15 is 0 Å². The van der Waals surface area contributed by atoms with Crippen molar-refractivity contribution in [2.75, 3.05) is 5.32 Å². The van der Waals surface area contributed by atoms with Gasteiger partial charge in [-0.2, -0.15) is 0 Å². The number of anilines is 1. The second kappa shape index (κ2) is 6.89. The van der Waals surface area contributed by atoms with Gasteiger partial charge < -0.3 is 15.8 Å². The molecule has 1 aliphatic rings. The highest BCUT2D eigenvalue weighted by Crippen LogP contribution is 2.29. The molecule has 4 nitrogen and oxygen atoms in total. The first kappa shape index (κ1) is 15.8. The van der Waals surface area contributed by atoms with Crippen molar-refractivity contribution in [3.63, 3.8) is 0 Å². The Morgan fingerprint density at radius 3 is 2.86 bits per heavy atom. The molecule has 0 radical (unpaired) electrons. The number of halogens is 1. The zero-order valence-corrected chi connectivity index (χ0v) is 12.6. The molecule has 0 aromatic heterocycles. The van der Waals surface area contributed by atoms with Gasteiger partial charge in [-0.05, 0) is 45.2 Å². The molecule has 0 aliphatic heterocycles. The maximum atomic E-state index is 13.4. The molecule has 5 heteroatoms. The van der Waals surface area contributed by atoms with Crippen LogP contribution in [0.2, 0.25) is 0 Å². The first-order chi connectivity index (χ1) is 9.95. The van der Waals surface area contributed by atoms with E-state index < -0.39 is 5.82 Å². The topological polar surface area (TPSA) is 64.3 Å². The van der Waals surface area contributed by atoms with Crippen LogP contribution in [-0.4, -0.2) is 18.1 Å². The number of carbonyl (C=O) groups excluding carboxylic acids is 1. The maximum Gasteiger partial charge on any atom is 0.227 e. The number of nitrogens with one attached hydrogen (secondary N) is 1. The van der Waals surface area contributed by atoms with Crippen LogP contribution in [0.4, 0.5) is 10.1 Å². The Bertz CT molecular complexity index is 505. The Kier molecular flexibility index (Phi) is 5.17. The summed E-state index contributed by atoms with van der Waals surface area (Å²) in [6, 6.07) is 4.23. The Balaban J connectivity index is 2.10. The molecule has 2 atom stereocenters. The van der Waals surface area contributed by atoms with E-state index in [4.69, 9.17) is 10.5 Å². The van der Waals surface area contributed by atoms with Crippen molar-refractivity contribution in [3.8, 4) is 5.75 Å². The molecule has 1 aromatic carbocycles. The van der Waals surface area contributed by atoms with E-state index in [9.17, 15) is 9.18 Å². The van der Waals surface area contributed by atoms with Gasteiger partial charge in [-0.1, -0.05) is 6.42 Å². The molecule has 2 rings (SSSR count). The van der Waals surface area contributed by atoms with Crippen LogP contribution in [0.5, 0.6) is 5.75 Å². The molecule has 1 aromatic rings. The SMILES string of the molecule is CC(C)Oc1ccc(F)cc1NC(=O)C1CCCC(N)C1. The summed E-state index contributed by atoms with van der Waals surface area (Å²) in [5.41, 5.74) is 6.29. The molecule has 0 saturated heterocycles. The van der Waals surface area contributed by atoms with Crippen LogP contribution in [0.15, 0.2) is 18.2 Å². The Morgan fingerprint density at radius 1 is 1.43 bits per heavy atom. The zero-order valence-electron chi connectivity index (χ0n) is 12.6. The highest BCUT2D eigenvalue weighted by Gasteiger charge is 2.26. The summed E-state index contributed by atoms with van der Waals surface area (Å²) in [4.78, 5) is 12.3.